The molecule has 0 aliphatic rings. The van der Waals surface area contributed by atoms with Crippen molar-refractivity contribution >= 4 is 17.6 Å². The standard InChI is InChI=1S/C17H21N3O4/c1-4-24-17(21)19-14-9-10-15(20-16(14)23-3)18-11-12-5-7-13(22-2)8-6-12/h5-10H,4,11H2,1-3H3,(H,18,20)(H,19,21). The van der Waals surface area contributed by atoms with Crippen LogP contribution >= 0.6 is 0 Å². The highest BCUT2D eigenvalue weighted by Gasteiger charge is 2.10. The van der Waals surface area contributed by atoms with Gasteiger partial charge in [0.2, 0.25) is 5.88 Å². The predicted octanol–water partition coefficient (Wildman–Crippen LogP) is 3.28. The minimum absolute atomic E-state index is 0.295. The number of nitrogens with zero attached hydrogens (tertiary/aromatic N) is 1. The Morgan fingerprint density at radius 3 is 2.46 bits per heavy atom. The van der Waals surface area contributed by atoms with Crippen LogP contribution in [0.5, 0.6) is 11.6 Å². The number of carbonyl (C=O) groups excluding carboxylic acids is 1. The molecular weight excluding hydrogens is 310 g/mol. The summed E-state index contributed by atoms with van der Waals surface area (Å²) in [4.78, 5) is 15.8. The number of carbonyl (C=O) groups is 1. The third-order valence-corrected chi connectivity index (χ3v) is 3.20. The number of hydrogen-bond acceptors (Lipinski definition) is 6. The lowest BCUT2D eigenvalue weighted by Gasteiger charge is -2.12. The van der Waals surface area contributed by atoms with E-state index in [0.717, 1.165) is 11.3 Å². The molecular formula is C17H21N3O4. The Bertz CT molecular complexity index is 674. The minimum atomic E-state index is -0.545. The summed E-state index contributed by atoms with van der Waals surface area (Å²) in [6.07, 6.45) is -0.545. The first-order chi connectivity index (χ1) is 11.7. The lowest BCUT2D eigenvalue weighted by atomic mass is 10.2. The summed E-state index contributed by atoms with van der Waals surface area (Å²) in [5.41, 5.74) is 1.54. The molecule has 0 spiro atoms. The number of hydrogen-bond donors (Lipinski definition) is 2. The number of pyridine rings is 1. The highest BCUT2D eigenvalue weighted by molar-refractivity contribution is 5.86. The van der Waals surface area contributed by atoms with Crippen molar-refractivity contribution in [1.82, 2.24) is 4.98 Å². The van der Waals surface area contributed by atoms with Gasteiger partial charge >= 0.3 is 6.09 Å². The first-order valence-electron chi connectivity index (χ1n) is 7.52. The van der Waals surface area contributed by atoms with Crippen LogP contribution in [0.4, 0.5) is 16.3 Å². The minimum Gasteiger partial charge on any atom is -0.497 e. The van der Waals surface area contributed by atoms with E-state index in [0.29, 0.717) is 30.5 Å². The van der Waals surface area contributed by atoms with Gasteiger partial charge in [0.25, 0.3) is 0 Å². The SMILES string of the molecule is CCOC(=O)Nc1ccc(NCc2ccc(OC)cc2)nc1OC. The molecule has 1 heterocycles. The van der Waals surface area contributed by atoms with Crippen LogP contribution in [-0.4, -0.2) is 31.9 Å². The third-order valence-electron chi connectivity index (χ3n) is 3.20. The summed E-state index contributed by atoms with van der Waals surface area (Å²) in [7, 11) is 3.13. The van der Waals surface area contributed by atoms with Gasteiger partial charge < -0.3 is 19.5 Å². The molecule has 0 saturated carbocycles. The maximum atomic E-state index is 11.5. The van der Waals surface area contributed by atoms with Crippen molar-refractivity contribution in [3.8, 4) is 11.6 Å². The number of rotatable bonds is 7. The Morgan fingerprint density at radius 1 is 1.08 bits per heavy atom. The van der Waals surface area contributed by atoms with Crippen LogP contribution in [0.15, 0.2) is 36.4 Å². The zero-order valence-corrected chi connectivity index (χ0v) is 14.0. The Labute approximate surface area is 140 Å². The Morgan fingerprint density at radius 2 is 1.83 bits per heavy atom. The molecule has 0 radical (unpaired) electrons. The van der Waals surface area contributed by atoms with Gasteiger partial charge in [0.15, 0.2) is 0 Å². The number of methoxy groups -OCH3 is 2. The predicted molar refractivity (Wildman–Crippen MR) is 91.8 cm³/mol. The van der Waals surface area contributed by atoms with Gasteiger partial charge in [0.1, 0.15) is 17.3 Å². The molecule has 1 aromatic heterocycles. The quantitative estimate of drug-likeness (QED) is 0.810. The summed E-state index contributed by atoms with van der Waals surface area (Å²) in [6, 6.07) is 11.2. The summed E-state index contributed by atoms with van der Waals surface area (Å²) >= 11 is 0. The van der Waals surface area contributed by atoms with Crippen LogP contribution in [0.3, 0.4) is 0 Å². The van der Waals surface area contributed by atoms with Gasteiger partial charge in [-0.1, -0.05) is 12.1 Å². The molecule has 0 atom stereocenters. The van der Waals surface area contributed by atoms with Crippen molar-refractivity contribution in [2.45, 2.75) is 13.5 Å². The van der Waals surface area contributed by atoms with Gasteiger partial charge in [0.05, 0.1) is 20.8 Å². The number of ether oxygens (including phenoxy) is 3. The first kappa shape index (κ1) is 17.4. The summed E-state index contributed by atoms with van der Waals surface area (Å²) < 4.78 is 15.2. The average Bonchev–Trinajstić information content (AvgIpc) is 2.61. The van der Waals surface area contributed by atoms with E-state index in [9.17, 15) is 4.79 Å². The molecule has 0 fully saturated rings. The van der Waals surface area contributed by atoms with Crippen molar-refractivity contribution in [2.75, 3.05) is 31.5 Å². The van der Waals surface area contributed by atoms with Crippen molar-refractivity contribution in [3.05, 3.63) is 42.0 Å². The second kappa shape index (κ2) is 8.61. The lowest BCUT2D eigenvalue weighted by Crippen LogP contribution is -2.14. The molecule has 24 heavy (non-hydrogen) atoms. The summed E-state index contributed by atoms with van der Waals surface area (Å²) in [5, 5.41) is 5.79. The molecule has 2 N–H and O–H groups in total. The van der Waals surface area contributed by atoms with Crippen LogP contribution in [0.1, 0.15) is 12.5 Å². The molecule has 2 aromatic rings. The van der Waals surface area contributed by atoms with Gasteiger partial charge in [-0.3, -0.25) is 5.32 Å². The summed E-state index contributed by atoms with van der Waals surface area (Å²) in [5.74, 6) is 1.76. The first-order valence-corrected chi connectivity index (χ1v) is 7.52. The Kier molecular flexibility index (Phi) is 6.24. The van der Waals surface area contributed by atoms with E-state index >= 15 is 0 Å². The Hall–Kier alpha value is -2.96. The van der Waals surface area contributed by atoms with E-state index < -0.39 is 6.09 Å². The average molecular weight is 331 g/mol. The van der Waals surface area contributed by atoms with Gasteiger partial charge in [-0.05, 0) is 36.8 Å². The van der Waals surface area contributed by atoms with Crippen LogP contribution in [0, 0.1) is 0 Å². The molecule has 1 aromatic carbocycles. The number of aromatic nitrogens is 1. The van der Waals surface area contributed by atoms with Crippen LogP contribution in [-0.2, 0) is 11.3 Å². The fourth-order valence-electron chi connectivity index (χ4n) is 2.00. The number of nitrogens with one attached hydrogen (secondary N) is 2. The molecule has 0 aliphatic carbocycles. The molecule has 7 nitrogen and oxygen atoms in total. The summed E-state index contributed by atoms with van der Waals surface area (Å²) in [6.45, 7) is 2.63. The molecule has 0 aliphatic heterocycles. The van der Waals surface area contributed by atoms with E-state index in [1.807, 2.05) is 24.3 Å². The fraction of sp³-hybridized carbons (Fsp3) is 0.294. The molecule has 1 amide bonds. The van der Waals surface area contributed by atoms with Gasteiger partial charge in [-0.2, -0.15) is 4.98 Å². The van der Waals surface area contributed by atoms with Gasteiger partial charge in [-0.15, -0.1) is 0 Å². The maximum absolute atomic E-state index is 11.5. The number of benzene rings is 1. The van der Waals surface area contributed by atoms with E-state index in [1.165, 1.54) is 7.11 Å². The fourth-order valence-corrected chi connectivity index (χ4v) is 2.00. The van der Waals surface area contributed by atoms with E-state index in [2.05, 4.69) is 15.6 Å². The monoisotopic (exact) mass is 331 g/mol. The van der Waals surface area contributed by atoms with Gasteiger partial charge in [0, 0.05) is 6.54 Å². The molecule has 0 bridgehead atoms. The Balaban J connectivity index is 2.01. The van der Waals surface area contributed by atoms with Crippen molar-refractivity contribution in [3.63, 3.8) is 0 Å². The van der Waals surface area contributed by atoms with Crippen LogP contribution in [0.2, 0.25) is 0 Å². The third kappa shape index (κ3) is 4.77. The smallest absolute Gasteiger partial charge is 0.411 e. The topological polar surface area (TPSA) is 81.7 Å². The van der Waals surface area contributed by atoms with Crippen LogP contribution in [0.25, 0.3) is 0 Å². The van der Waals surface area contributed by atoms with E-state index in [1.54, 1.807) is 26.2 Å². The van der Waals surface area contributed by atoms with E-state index in [-0.39, 0.29) is 0 Å². The normalized spacial score (nSPS) is 9.96. The molecule has 0 saturated heterocycles. The second-order valence-corrected chi connectivity index (χ2v) is 4.80. The highest BCUT2D eigenvalue weighted by Crippen LogP contribution is 2.24. The van der Waals surface area contributed by atoms with Crippen molar-refractivity contribution in [2.24, 2.45) is 0 Å². The zero-order valence-electron chi connectivity index (χ0n) is 14.0. The van der Waals surface area contributed by atoms with Crippen LogP contribution < -0.4 is 20.1 Å². The molecule has 0 unspecified atom stereocenters. The van der Waals surface area contributed by atoms with Crippen molar-refractivity contribution in [1.29, 1.82) is 0 Å². The van der Waals surface area contributed by atoms with E-state index in [4.69, 9.17) is 14.2 Å². The van der Waals surface area contributed by atoms with Gasteiger partial charge in [-0.25, -0.2) is 4.79 Å². The zero-order chi connectivity index (χ0) is 17.4. The largest absolute Gasteiger partial charge is 0.497 e. The molecule has 7 heteroatoms. The maximum Gasteiger partial charge on any atom is 0.411 e. The second-order valence-electron chi connectivity index (χ2n) is 4.80. The molecule has 2 rings (SSSR count). The lowest BCUT2D eigenvalue weighted by molar-refractivity contribution is 0.167. The molecule has 128 valence electrons. The highest BCUT2D eigenvalue weighted by atomic mass is 16.5. The number of amides is 1. The number of anilines is 2. The van der Waals surface area contributed by atoms with Crippen molar-refractivity contribution < 1.29 is 19.0 Å².